The zero-order chi connectivity index (χ0) is 74.7. The zero-order valence-electron chi connectivity index (χ0n) is 56.8. The van der Waals surface area contributed by atoms with Crippen molar-refractivity contribution in [1.29, 1.82) is 0 Å². The third-order valence-electron chi connectivity index (χ3n) is 18.4. The molecule has 1 heterocycles. The fourth-order valence-electron chi connectivity index (χ4n) is 12.7. The quantitative estimate of drug-likeness (QED) is 0.0424. The molecule has 1 aliphatic heterocycles. The van der Waals surface area contributed by atoms with Gasteiger partial charge < -0.3 is 61.9 Å². The Bertz CT molecular complexity index is 3190. The van der Waals surface area contributed by atoms with Gasteiger partial charge in [0.2, 0.25) is 17.7 Å². The van der Waals surface area contributed by atoms with Crippen LogP contribution in [0.4, 0.5) is 0 Å². The standard InChI is InChI=1S/C69H97N7O25/c77-52(35-50(69(100)101)17-21-60(84)85)34-49(68(98)99)8-2-1-3-9-55(78)53(18-22-61(86)87)71-66(96)48(16-20-59(82)83)36-57(80)54(19-23-62(88)89)72-67(97)51(33-44-12-13-45-6-4-5-7-47(45)32-44)37-56(79)46-14-10-43(11-15-46)38-70-58(81)39-73-24-26-74(40-63(90)91)28-30-76(42-65(94)95)31-29-75(27-25-73)41-64(92)93/h4-7,12-13,32,43,46,48-51,53-54H,1-3,8-11,14-31,33-42H2,(H,70,81)(H,71,96)(H,72,97)(H,82,83)(H,84,85)(H,86,87)(H,88,89)(H,90,91)(H,92,93)(H,94,95)(H,98,99)(H,100,101). The summed E-state index contributed by atoms with van der Waals surface area (Å²) in [5.74, 6) is -21.9. The number of nitrogens with zero attached hydrogens (tertiary/aromatic N) is 4. The van der Waals surface area contributed by atoms with Crippen LogP contribution in [0.5, 0.6) is 0 Å². The molecule has 1 saturated heterocycles. The second kappa shape index (κ2) is 44.2. The minimum atomic E-state index is -1.60. The van der Waals surface area contributed by atoms with Gasteiger partial charge in [0.1, 0.15) is 11.6 Å². The molecule has 12 N–H and O–H groups in total. The molecule has 2 aromatic carbocycles. The Hall–Kier alpha value is -9.14. The summed E-state index contributed by atoms with van der Waals surface area (Å²) in [6.07, 6.45) is -4.60. The summed E-state index contributed by atoms with van der Waals surface area (Å²) in [6.45, 7) is 0.883. The number of carboxylic acids is 9. The average Bonchev–Trinajstić information content (AvgIpc) is 0.832. The zero-order valence-corrected chi connectivity index (χ0v) is 56.8. The third kappa shape index (κ3) is 33.7. The number of hydrogen-bond acceptors (Lipinski definition) is 20. The molecule has 0 aromatic heterocycles. The van der Waals surface area contributed by atoms with Crippen molar-refractivity contribution in [3.05, 3.63) is 48.0 Å². The summed E-state index contributed by atoms with van der Waals surface area (Å²) in [4.78, 5) is 210. The first-order valence-electron chi connectivity index (χ1n) is 34.2. The van der Waals surface area contributed by atoms with E-state index < -0.39 is 189 Å². The van der Waals surface area contributed by atoms with Gasteiger partial charge in [0.05, 0.1) is 50.1 Å². The highest BCUT2D eigenvalue weighted by Crippen LogP contribution is 2.32. The van der Waals surface area contributed by atoms with Crippen molar-refractivity contribution < 1.29 is 123 Å². The Morgan fingerprint density at radius 3 is 1.32 bits per heavy atom. The number of carboxylic acid groups (broad SMARTS) is 9. The molecule has 6 atom stereocenters. The molecule has 0 bridgehead atoms. The van der Waals surface area contributed by atoms with Gasteiger partial charge in [-0.1, -0.05) is 55.3 Å². The predicted molar refractivity (Wildman–Crippen MR) is 357 cm³/mol. The van der Waals surface area contributed by atoms with Crippen LogP contribution in [0.1, 0.15) is 140 Å². The molecule has 32 nitrogen and oxygen atoms in total. The molecule has 1 saturated carbocycles. The fourth-order valence-corrected chi connectivity index (χ4v) is 12.7. The molecule has 4 rings (SSSR count). The predicted octanol–water partition coefficient (Wildman–Crippen LogP) is 2.63. The number of aliphatic carboxylic acids is 9. The van der Waals surface area contributed by atoms with E-state index in [1.54, 1.807) is 25.7 Å². The summed E-state index contributed by atoms with van der Waals surface area (Å²) in [5, 5.41) is 95.7. The summed E-state index contributed by atoms with van der Waals surface area (Å²) in [7, 11) is 0. The van der Waals surface area contributed by atoms with Crippen LogP contribution in [0.3, 0.4) is 0 Å². The maximum Gasteiger partial charge on any atom is 0.317 e. The van der Waals surface area contributed by atoms with Gasteiger partial charge in [0.15, 0.2) is 11.6 Å². The lowest BCUT2D eigenvalue weighted by atomic mass is 9.77. The number of hydrogen-bond donors (Lipinski definition) is 12. The van der Waals surface area contributed by atoms with E-state index in [1.165, 1.54) is 0 Å². The second-order valence-corrected chi connectivity index (χ2v) is 26.4. The van der Waals surface area contributed by atoms with Crippen LogP contribution in [0, 0.1) is 35.5 Å². The first-order valence-corrected chi connectivity index (χ1v) is 34.2. The lowest BCUT2D eigenvalue weighted by Crippen LogP contribution is -2.50. The molecule has 2 fully saturated rings. The number of fused-ring (bicyclic) bond motifs is 1. The van der Waals surface area contributed by atoms with Gasteiger partial charge >= 0.3 is 53.7 Å². The third-order valence-corrected chi connectivity index (χ3v) is 18.4. The number of benzene rings is 2. The first kappa shape index (κ1) is 84.3. The van der Waals surface area contributed by atoms with Gasteiger partial charge in [-0.2, -0.15) is 0 Å². The molecule has 0 spiro atoms. The van der Waals surface area contributed by atoms with Crippen molar-refractivity contribution in [2.24, 2.45) is 35.5 Å². The number of unbranched alkanes of at least 4 members (excludes halogenated alkanes) is 2. The van der Waals surface area contributed by atoms with Gasteiger partial charge in [0, 0.05) is 134 Å². The number of amides is 3. The molecule has 3 amide bonds. The van der Waals surface area contributed by atoms with E-state index in [0.29, 0.717) is 31.2 Å². The van der Waals surface area contributed by atoms with Crippen molar-refractivity contribution in [2.45, 2.75) is 153 Å². The Balaban J connectivity index is 1.45. The molecule has 101 heavy (non-hydrogen) atoms. The minimum Gasteiger partial charge on any atom is -0.481 e. The van der Waals surface area contributed by atoms with E-state index in [0.717, 1.165) is 10.8 Å². The van der Waals surface area contributed by atoms with Crippen LogP contribution in [-0.4, -0.2) is 257 Å². The first-order chi connectivity index (χ1) is 47.8. The van der Waals surface area contributed by atoms with Crippen molar-refractivity contribution in [3.63, 3.8) is 0 Å². The maximum atomic E-state index is 14.7. The number of rotatable bonds is 47. The van der Waals surface area contributed by atoms with Crippen molar-refractivity contribution in [3.8, 4) is 0 Å². The number of carbonyl (C=O) groups is 16. The van der Waals surface area contributed by atoms with Gasteiger partial charge in [-0.3, -0.25) is 96.3 Å². The van der Waals surface area contributed by atoms with E-state index in [9.17, 15) is 118 Å². The topological polar surface area (TPSA) is 504 Å². The summed E-state index contributed by atoms with van der Waals surface area (Å²) in [6, 6.07) is 9.78. The molecule has 1 aliphatic carbocycles. The monoisotopic (exact) mass is 1420 g/mol. The maximum absolute atomic E-state index is 14.7. The van der Waals surface area contributed by atoms with Gasteiger partial charge in [-0.05, 0) is 92.9 Å². The molecule has 558 valence electrons. The molecular formula is C69H97N7O25. The lowest BCUT2D eigenvalue weighted by Gasteiger charge is -2.33. The highest BCUT2D eigenvalue weighted by Gasteiger charge is 2.36. The van der Waals surface area contributed by atoms with Crippen LogP contribution in [-0.2, 0) is 83.1 Å². The van der Waals surface area contributed by atoms with Crippen LogP contribution >= 0.6 is 0 Å². The second-order valence-electron chi connectivity index (χ2n) is 26.4. The normalized spacial score (nSPS) is 17.7. The molecule has 2 aliphatic rings. The van der Waals surface area contributed by atoms with Crippen molar-refractivity contribution in [1.82, 2.24) is 35.6 Å². The largest absolute Gasteiger partial charge is 0.481 e. The van der Waals surface area contributed by atoms with Crippen LogP contribution < -0.4 is 16.0 Å². The molecule has 32 heteroatoms. The number of ketones is 4. The number of Topliss-reactive ketones (excluding diaryl/α,β-unsaturated/α-hetero) is 4. The van der Waals surface area contributed by atoms with Crippen LogP contribution in [0.25, 0.3) is 10.8 Å². The van der Waals surface area contributed by atoms with Gasteiger partial charge in [0.25, 0.3) is 0 Å². The van der Waals surface area contributed by atoms with Crippen LogP contribution in [0.2, 0.25) is 0 Å². The van der Waals surface area contributed by atoms with Crippen LogP contribution in [0.15, 0.2) is 42.5 Å². The SMILES string of the molecule is O=C(O)CCC(CC(=O)CC(CCCCCC(=O)C(CCC(=O)O)NC(=O)C(CCC(=O)O)CC(=O)C(CCC(=O)O)NC(=O)C(CC(=O)C1CCC(CNC(=O)CN2CCN(CC(=O)O)CCN(CC(=O)O)CCN(CC(=O)O)CC2)CC1)Cc1ccc2ccccc2c1)C(=O)O)C(=O)O. The highest BCUT2D eigenvalue weighted by molar-refractivity contribution is 5.96. The van der Waals surface area contributed by atoms with Gasteiger partial charge in [-0.15, -0.1) is 0 Å². The van der Waals surface area contributed by atoms with E-state index in [4.69, 9.17) is 5.11 Å². The Morgan fingerprint density at radius 1 is 0.406 bits per heavy atom. The highest BCUT2D eigenvalue weighted by atomic mass is 16.4. The van der Waals surface area contributed by atoms with Crippen molar-refractivity contribution in [2.75, 3.05) is 85.1 Å². The van der Waals surface area contributed by atoms with E-state index in [-0.39, 0.29) is 154 Å². The number of carbonyl (C=O) groups excluding carboxylic acids is 7. The minimum absolute atomic E-state index is 0.0180. The summed E-state index contributed by atoms with van der Waals surface area (Å²) >= 11 is 0. The van der Waals surface area contributed by atoms with E-state index in [2.05, 4.69) is 16.0 Å². The number of nitrogens with one attached hydrogen (secondary N) is 3. The molecule has 2 aromatic rings. The Labute approximate surface area is 583 Å². The Morgan fingerprint density at radius 2 is 0.842 bits per heavy atom. The molecule has 6 unspecified atom stereocenters. The average molecular weight is 1420 g/mol. The molecule has 0 radical (unpaired) electrons. The smallest absolute Gasteiger partial charge is 0.317 e. The van der Waals surface area contributed by atoms with E-state index in [1.807, 2.05) is 36.4 Å². The Kier molecular flexibility index (Phi) is 36.9. The van der Waals surface area contributed by atoms with Crippen molar-refractivity contribution >= 4 is 105 Å². The summed E-state index contributed by atoms with van der Waals surface area (Å²) < 4.78 is 0. The summed E-state index contributed by atoms with van der Waals surface area (Å²) in [5.41, 5.74) is 0.645. The molecular weight excluding hydrogens is 1330 g/mol. The lowest BCUT2D eigenvalue weighted by molar-refractivity contribution is -0.146. The van der Waals surface area contributed by atoms with E-state index >= 15 is 0 Å². The fraction of sp³-hybridized carbons (Fsp3) is 0.623. The van der Waals surface area contributed by atoms with Gasteiger partial charge in [-0.25, -0.2) is 0 Å².